The quantitative estimate of drug-likeness (QED) is 0.143. The molecule has 0 spiro atoms. The maximum absolute atomic E-state index is 2.39. The summed E-state index contributed by atoms with van der Waals surface area (Å²) < 4.78 is 0. The maximum Gasteiger partial charge on any atom is -0.0412 e. The van der Waals surface area contributed by atoms with Crippen molar-refractivity contribution in [1.29, 1.82) is 0 Å². The minimum atomic E-state index is 0. The maximum atomic E-state index is 2.39. The van der Waals surface area contributed by atoms with Gasteiger partial charge in [-0.25, -0.2) is 0 Å². The summed E-state index contributed by atoms with van der Waals surface area (Å²) in [5.41, 5.74) is 0. The molecular formula is C43H96. The molecule has 1 aliphatic carbocycles. The van der Waals surface area contributed by atoms with E-state index in [1.807, 2.05) is 0 Å². The van der Waals surface area contributed by atoms with Crippen molar-refractivity contribution in [3.05, 3.63) is 0 Å². The molecule has 0 amide bonds. The molecule has 1 rings (SSSR count). The Kier molecular flexibility index (Phi) is 48.9. The fourth-order valence-electron chi connectivity index (χ4n) is 6.90. The summed E-state index contributed by atoms with van der Waals surface area (Å²) >= 11 is 0. The number of unbranched alkanes of at least 4 members (excludes halogenated alkanes) is 4. The summed E-state index contributed by atoms with van der Waals surface area (Å²) in [5.74, 6) is 7.02. The SMILES string of the molecule is C.C.CCC.CCC(CC)CC(CC)CC(CC)CC.CCC1CC(CC)CC(CC)CC(CC)C1.CCCCCCC. The predicted molar refractivity (Wildman–Crippen MR) is 209 cm³/mol. The summed E-state index contributed by atoms with van der Waals surface area (Å²) in [6.45, 7) is 30.1. The molecule has 0 aromatic heterocycles. The van der Waals surface area contributed by atoms with Gasteiger partial charge in [0.15, 0.2) is 0 Å². The highest BCUT2D eigenvalue weighted by molar-refractivity contribution is 4.77. The molecule has 1 fully saturated rings. The zero-order chi connectivity index (χ0) is 31.9. The second-order valence-corrected chi connectivity index (χ2v) is 13.9. The van der Waals surface area contributed by atoms with Gasteiger partial charge in [0.25, 0.3) is 0 Å². The lowest BCUT2D eigenvalue weighted by molar-refractivity contribution is 0.183. The topological polar surface area (TPSA) is 0 Å². The van der Waals surface area contributed by atoms with Crippen molar-refractivity contribution in [1.82, 2.24) is 0 Å². The first-order chi connectivity index (χ1) is 19.8. The lowest BCUT2D eigenvalue weighted by atomic mass is 9.72. The van der Waals surface area contributed by atoms with E-state index in [2.05, 4.69) is 90.0 Å². The second-order valence-electron chi connectivity index (χ2n) is 13.9. The first kappa shape index (κ1) is 52.5. The molecule has 0 atom stereocenters. The third-order valence-corrected chi connectivity index (χ3v) is 10.4. The minimum Gasteiger partial charge on any atom is -0.0776 e. The zero-order valence-electron chi connectivity index (χ0n) is 31.9. The van der Waals surface area contributed by atoms with E-state index < -0.39 is 0 Å². The third kappa shape index (κ3) is 31.8. The van der Waals surface area contributed by atoms with Gasteiger partial charge in [-0.1, -0.05) is 201 Å². The van der Waals surface area contributed by atoms with Gasteiger partial charge in [-0.15, -0.1) is 0 Å². The highest BCUT2D eigenvalue weighted by atomic mass is 14.3. The van der Waals surface area contributed by atoms with Crippen LogP contribution in [0.1, 0.15) is 240 Å². The summed E-state index contributed by atoms with van der Waals surface area (Å²) in [7, 11) is 0. The van der Waals surface area contributed by atoms with Gasteiger partial charge in [-0.2, -0.15) is 0 Å². The molecule has 0 radical (unpaired) electrons. The summed E-state index contributed by atoms with van der Waals surface area (Å²) in [6, 6.07) is 0. The monoisotopic (exact) mass is 613 g/mol. The Bertz CT molecular complexity index is 379. The van der Waals surface area contributed by atoms with Crippen LogP contribution in [-0.4, -0.2) is 0 Å². The lowest BCUT2D eigenvalue weighted by Crippen LogP contribution is -2.21. The van der Waals surface area contributed by atoms with Crippen molar-refractivity contribution >= 4 is 0 Å². The molecule has 268 valence electrons. The van der Waals surface area contributed by atoms with E-state index in [9.17, 15) is 0 Å². The molecule has 0 N–H and O–H groups in total. The minimum absolute atomic E-state index is 0. The molecular weight excluding hydrogens is 516 g/mol. The number of hydrogen-bond donors (Lipinski definition) is 0. The molecule has 0 heteroatoms. The number of rotatable bonds is 17. The zero-order valence-corrected chi connectivity index (χ0v) is 31.9. The van der Waals surface area contributed by atoms with Crippen LogP contribution in [0.3, 0.4) is 0 Å². The molecule has 0 saturated heterocycles. The Morgan fingerprint density at radius 2 is 0.605 bits per heavy atom. The van der Waals surface area contributed by atoms with Crippen molar-refractivity contribution < 1.29 is 0 Å². The average molecular weight is 613 g/mol. The van der Waals surface area contributed by atoms with Gasteiger partial charge in [-0.3, -0.25) is 0 Å². The van der Waals surface area contributed by atoms with Gasteiger partial charge in [0.2, 0.25) is 0 Å². The van der Waals surface area contributed by atoms with E-state index in [-0.39, 0.29) is 14.9 Å². The van der Waals surface area contributed by atoms with Crippen molar-refractivity contribution in [2.24, 2.45) is 41.4 Å². The van der Waals surface area contributed by atoms with E-state index in [0.29, 0.717) is 0 Å². The Balaban J connectivity index is -0.000000166. The van der Waals surface area contributed by atoms with Crippen molar-refractivity contribution in [2.75, 3.05) is 0 Å². The Labute approximate surface area is 280 Å². The van der Waals surface area contributed by atoms with Crippen molar-refractivity contribution in [3.8, 4) is 0 Å². The van der Waals surface area contributed by atoms with Crippen LogP contribution in [0.25, 0.3) is 0 Å². The van der Waals surface area contributed by atoms with Gasteiger partial charge in [-0.05, 0) is 80.0 Å². The molecule has 0 unspecified atom stereocenters. The van der Waals surface area contributed by atoms with Crippen LogP contribution < -0.4 is 0 Å². The van der Waals surface area contributed by atoms with Crippen LogP contribution in [0.5, 0.6) is 0 Å². The van der Waals surface area contributed by atoms with Crippen LogP contribution in [0.2, 0.25) is 0 Å². The first-order valence-corrected chi connectivity index (χ1v) is 19.8. The Hall–Kier alpha value is 0. The Morgan fingerprint density at radius 3 is 0.767 bits per heavy atom. The smallest absolute Gasteiger partial charge is 0.0412 e. The third-order valence-electron chi connectivity index (χ3n) is 10.4. The largest absolute Gasteiger partial charge is 0.0776 e. The highest BCUT2D eigenvalue weighted by Crippen LogP contribution is 2.38. The first-order valence-electron chi connectivity index (χ1n) is 19.8. The van der Waals surface area contributed by atoms with E-state index in [1.54, 1.807) is 0 Å². The summed E-state index contributed by atoms with van der Waals surface area (Å²) in [6.07, 6.45) is 29.8. The molecule has 43 heavy (non-hydrogen) atoms. The van der Waals surface area contributed by atoms with Gasteiger partial charge in [0.05, 0.1) is 0 Å². The summed E-state index contributed by atoms with van der Waals surface area (Å²) in [5, 5.41) is 0. The van der Waals surface area contributed by atoms with Crippen LogP contribution in [-0.2, 0) is 0 Å². The molecule has 0 bridgehead atoms. The number of hydrogen-bond acceptors (Lipinski definition) is 0. The van der Waals surface area contributed by atoms with E-state index in [0.717, 1.165) is 41.4 Å². The fourth-order valence-corrected chi connectivity index (χ4v) is 6.90. The van der Waals surface area contributed by atoms with Crippen LogP contribution in [0.4, 0.5) is 0 Å². The average Bonchev–Trinajstić information content (AvgIpc) is 2.99. The van der Waals surface area contributed by atoms with Gasteiger partial charge >= 0.3 is 0 Å². The van der Waals surface area contributed by atoms with Crippen LogP contribution in [0, 0.1) is 41.4 Å². The highest BCUT2D eigenvalue weighted by Gasteiger charge is 2.25. The summed E-state index contributed by atoms with van der Waals surface area (Å²) in [4.78, 5) is 0. The van der Waals surface area contributed by atoms with E-state index in [1.165, 1.54) is 135 Å². The molecule has 1 aliphatic rings. The molecule has 0 heterocycles. The molecule has 0 aromatic carbocycles. The van der Waals surface area contributed by atoms with E-state index >= 15 is 0 Å². The van der Waals surface area contributed by atoms with Gasteiger partial charge in [0, 0.05) is 0 Å². The standard InChI is InChI=1S/C16H32.C15H32.C7H16.C3H8.2CH4/c1-5-13-9-14(6-2)11-16(8-4)12-15(7-3)10-13;1-6-13(7-2)11-15(10-5)12-14(8-3)9-4;1-3-5-7-6-4-2;1-3-2;;/h13-16H,5-12H2,1-4H3;13-15H,6-12H2,1-5H3;3-7H2,1-2H3;3H2,1-2H3;2*1H4. The van der Waals surface area contributed by atoms with Crippen LogP contribution >= 0.6 is 0 Å². The lowest BCUT2D eigenvalue weighted by Gasteiger charge is -2.33. The molecule has 1 saturated carbocycles. The van der Waals surface area contributed by atoms with Gasteiger partial charge in [0.1, 0.15) is 0 Å². The fraction of sp³-hybridized carbons (Fsp3) is 1.00. The predicted octanol–water partition coefficient (Wildman–Crippen LogP) is 17.0. The molecule has 0 aromatic rings. The van der Waals surface area contributed by atoms with E-state index in [4.69, 9.17) is 0 Å². The van der Waals surface area contributed by atoms with Crippen LogP contribution in [0.15, 0.2) is 0 Å². The van der Waals surface area contributed by atoms with Crippen molar-refractivity contribution in [3.63, 3.8) is 0 Å². The second kappa shape index (κ2) is 40.0. The molecule has 0 nitrogen and oxygen atoms in total. The van der Waals surface area contributed by atoms with Crippen molar-refractivity contribution in [2.45, 2.75) is 240 Å². The Morgan fingerprint density at radius 1 is 0.372 bits per heavy atom. The van der Waals surface area contributed by atoms with Gasteiger partial charge < -0.3 is 0 Å². The molecule has 0 aliphatic heterocycles. The normalized spacial score (nSPS) is 19.8.